The first-order chi connectivity index (χ1) is 61.8. The van der Waals surface area contributed by atoms with E-state index in [0.29, 0.717) is 5.56 Å². The summed E-state index contributed by atoms with van der Waals surface area (Å²) in [7, 11) is 0. The van der Waals surface area contributed by atoms with E-state index in [4.69, 9.17) is 49.1 Å². The normalized spacial score (nSPS) is 17.6. The van der Waals surface area contributed by atoms with Gasteiger partial charge in [-0.1, -0.05) is 285 Å². The van der Waals surface area contributed by atoms with Crippen molar-refractivity contribution >= 4 is 109 Å². The Morgan fingerprint density at radius 3 is 0.811 bits per heavy atom. The third-order valence-electron chi connectivity index (χ3n) is 23.4. The molecule has 7 heterocycles. The molecule has 0 saturated carbocycles. The SMILES string of the molecule is [2H]c1c([2H])c([2H])c2c(c1[2H])c1c([2H])c([2H])c([2H])c([2H])c1n2-c1nc(-c2ccccc2)nc(-n2c3ccccc3c3c4c(ccc32)C2c3ccccc3C4c3ccccc32)n1.[2H]c1c([2H])c([2H])c2c(c1[2H])c1c([2H])c([2H])c([2H])c([2H])c1n2-c1nc(-n2c3ccccc3c3ccccc32)nc(-n2c3ccccc3c3c4c(ccc32)C2c3ccccc3C4c3ccccc32)n1. The van der Waals surface area contributed by atoms with Gasteiger partial charge in [-0.05, 0) is 127 Å². The second-order valence-electron chi connectivity index (χ2n) is 28.7. The van der Waals surface area contributed by atoms with Crippen LogP contribution in [0.2, 0.25) is 0 Å². The van der Waals surface area contributed by atoms with Gasteiger partial charge in [-0.3, -0.25) is 22.8 Å². The van der Waals surface area contributed by atoms with Gasteiger partial charge in [0.15, 0.2) is 5.82 Å². The molecule has 0 fully saturated rings. The van der Waals surface area contributed by atoms with Gasteiger partial charge in [-0.25, -0.2) is 0 Å². The molecule has 0 saturated heterocycles. The van der Waals surface area contributed by atoms with Crippen LogP contribution in [0.1, 0.15) is 112 Å². The quantitative estimate of drug-likeness (QED) is 0.164. The van der Waals surface area contributed by atoms with E-state index in [-0.39, 0.29) is 103 Å². The summed E-state index contributed by atoms with van der Waals surface area (Å²) < 4.78 is 151. The van der Waals surface area contributed by atoms with Gasteiger partial charge in [0.05, 0.1) is 77.1 Å². The van der Waals surface area contributed by atoms with Crippen molar-refractivity contribution in [3.05, 3.63) is 412 Å². The molecule has 111 heavy (non-hydrogen) atoms. The third-order valence-corrected chi connectivity index (χ3v) is 23.4. The van der Waals surface area contributed by atoms with Crippen LogP contribution in [0.3, 0.4) is 0 Å². The van der Waals surface area contributed by atoms with Crippen molar-refractivity contribution in [1.29, 1.82) is 0 Å². The van der Waals surface area contributed by atoms with Gasteiger partial charge in [0.2, 0.25) is 29.7 Å². The smallest absolute Gasteiger partial charge is 0.241 e. The van der Waals surface area contributed by atoms with E-state index in [0.717, 1.165) is 65.4 Å². The highest BCUT2D eigenvalue weighted by Gasteiger charge is 2.45. The number of nitrogens with zero attached hydrogens (tertiary/aromatic N) is 11. The average molecular weight is 1430 g/mol. The van der Waals surface area contributed by atoms with Crippen molar-refractivity contribution in [2.75, 3.05) is 0 Å². The average Bonchev–Trinajstić information content (AvgIpc) is 1.68. The summed E-state index contributed by atoms with van der Waals surface area (Å²) in [5.41, 5.74) is 20.7. The summed E-state index contributed by atoms with van der Waals surface area (Å²) >= 11 is 0. The third kappa shape index (κ3) is 8.35. The minimum atomic E-state index is -0.529. The number of para-hydroxylation sites is 8. The Labute approximate surface area is 657 Å². The van der Waals surface area contributed by atoms with Crippen molar-refractivity contribution < 1.29 is 21.9 Å². The Hall–Kier alpha value is -14.7. The van der Waals surface area contributed by atoms with E-state index >= 15 is 0 Å². The highest BCUT2D eigenvalue weighted by Crippen LogP contribution is 2.60. The van der Waals surface area contributed by atoms with Crippen molar-refractivity contribution in [3.63, 3.8) is 0 Å². The van der Waals surface area contributed by atoms with Crippen LogP contribution in [-0.2, 0) is 0 Å². The van der Waals surface area contributed by atoms with Gasteiger partial charge < -0.3 is 0 Å². The minimum absolute atomic E-state index is 0.0159. The molecule has 0 amide bonds. The topological polar surface area (TPSA) is 102 Å². The summed E-state index contributed by atoms with van der Waals surface area (Å²) in [6, 6.07) is 77.5. The first-order valence-corrected chi connectivity index (χ1v) is 36.9. The number of hydrogen-bond acceptors (Lipinski definition) is 6. The first kappa shape index (κ1) is 47.1. The molecule has 0 unspecified atom stereocenters. The Bertz CT molecular complexity index is 8510. The molecule has 0 aliphatic heterocycles. The zero-order valence-electron chi connectivity index (χ0n) is 74.4. The molecule has 11 nitrogen and oxygen atoms in total. The predicted octanol–water partition coefficient (Wildman–Crippen LogP) is 22.9. The molecule has 6 aliphatic rings. The fourth-order valence-electron chi connectivity index (χ4n) is 19.2. The van der Waals surface area contributed by atoms with E-state index in [1.54, 1.807) is 0 Å². The van der Waals surface area contributed by atoms with Crippen LogP contribution in [0, 0.1) is 0 Å². The van der Waals surface area contributed by atoms with E-state index in [1.807, 2.05) is 129 Å². The summed E-state index contributed by atoms with van der Waals surface area (Å²) in [5, 5.41) is 5.84. The molecule has 28 rings (SSSR count). The standard InChI is InChI=1S/C53H32N6.C47H29N5/c1-3-21-37-35(19-1)47-36-20-2-4-22-38(36)48(37)50-40(47)29-30-46-49(50)39-23-9-14-28-45(39)59(46)53-55-51(57-41-24-10-5-15-31(41)32-16-6-11-25-42(32)57)54-52(56-53)58-43-26-12-7-17-33(43)34-18-8-13-27-44(34)58;1-2-14-28(15-3-1)45-48-46(51-37-23-11-8-16-29(37)30-17-9-12-24-38(30)51)50-47(49-45)52-39-25-13-10-22-35(39)43-40(52)27-26-36-41-31-18-4-6-20-33(31)42(44(36)43)34-21-7-5-19-32(34)41/h1-30,47-48H;1-27,41-42H/i5D,6D,10D,11D,15D,16D,24D,25D;8D,9D,11D,12D,16D,17D,23D,24D. The molecule has 11 heteroatoms. The molecule has 4 bridgehead atoms. The van der Waals surface area contributed by atoms with Crippen LogP contribution in [0.4, 0.5) is 0 Å². The maximum Gasteiger partial charge on any atom is 0.241 e. The Balaban J connectivity index is 0.000000139. The molecule has 516 valence electrons. The first-order valence-electron chi connectivity index (χ1n) is 44.9. The number of benzene rings is 15. The summed E-state index contributed by atoms with van der Waals surface area (Å²) in [6.07, 6.45) is 0. The van der Waals surface area contributed by atoms with Crippen LogP contribution < -0.4 is 0 Å². The van der Waals surface area contributed by atoms with Crippen molar-refractivity contribution in [3.8, 4) is 41.1 Å². The van der Waals surface area contributed by atoms with Crippen LogP contribution in [0.5, 0.6) is 0 Å². The van der Waals surface area contributed by atoms with Crippen LogP contribution in [0.15, 0.2) is 345 Å². The fourth-order valence-corrected chi connectivity index (χ4v) is 19.2. The number of rotatable bonds is 6. The Morgan fingerprint density at radius 2 is 0.459 bits per heavy atom. The maximum absolute atomic E-state index is 9.34. The van der Waals surface area contributed by atoms with Gasteiger partial charge in [0.1, 0.15) is 0 Å². The van der Waals surface area contributed by atoms with Crippen molar-refractivity contribution in [2.45, 2.75) is 23.7 Å². The lowest BCUT2D eigenvalue weighted by Gasteiger charge is -2.42. The summed E-state index contributed by atoms with van der Waals surface area (Å²) in [4.78, 5) is 30.9. The van der Waals surface area contributed by atoms with Crippen LogP contribution >= 0.6 is 0 Å². The Morgan fingerprint density at radius 1 is 0.198 bits per heavy atom. The lowest BCUT2D eigenvalue weighted by molar-refractivity contribution is 0.761. The number of aromatic nitrogens is 11. The molecular weight excluding hydrogens is 1360 g/mol. The van der Waals surface area contributed by atoms with Crippen LogP contribution in [-0.4, -0.2) is 52.7 Å². The van der Waals surface area contributed by atoms with E-state index in [9.17, 15) is 2.74 Å². The monoisotopic (exact) mass is 1430 g/mol. The number of fused-ring (bicyclic) bond motifs is 15. The largest absolute Gasteiger partial charge is 0.278 e. The maximum atomic E-state index is 9.34. The van der Waals surface area contributed by atoms with E-state index < -0.39 is 96.7 Å². The molecule has 22 aromatic rings. The molecule has 15 aromatic carbocycles. The van der Waals surface area contributed by atoms with E-state index in [1.165, 1.54) is 75.9 Å². The zero-order chi connectivity index (χ0) is 86.2. The minimum Gasteiger partial charge on any atom is -0.278 e. The summed E-state index contributed by atoms with van der Waals surface area (Å²) in [5.74, 6) is 0.764. The van der Waals surface area contributed by atoms with Gasteiger partial charge in [0.25, 0.3) is 0 Å². The zero-order valence-corrected chi connectivity index (χ0v) is 58.4. The van der Waals surface area contributed by atoms with Crippen molar-refractivity contribution in [1.82, 2.24) is 52.7 Å². The highest BCUT2D eigenvalue weighted by atomic mass is 15.3. The molecule has 0 atom stereocenters. The van der Waals surface area contributed by atoms with Crippen LogP contribution in [0.25, 0.3) is 150 Å². The lowest BCUT2D eigenvalue weighted by atomic mass is 9.60. The highest BCUT2D eigenvalue weighted by molar-refractivity contribution is 6.15. The van der Waals surface area contributed by atoms with Gasteiger partial charge in [-0.2, -0.15) is 29.9 Å². The molecule has 7 aromatic heterocycles. The van der Waals surface area contributed by atoms with Gasteiger partial charge in [0, 0.05) is 83.1 Å². The second-order valence-corrected chi connectivity index (χ2v) is 28.7. The molecule has 0 spiro atoms. The van der Waals surface area contributed by atoms with Gasteiger partial charge >= 0.3 is 0 Å². The molecule has 0 N–H and O–H groups in total. The lowest BCUT2D eigenvalue weighted by Crippen LogP contribution is -2.27. The predicted molar refractivity (Wildman–Crippen MR) is 446 cm³/mol. The molecule has 6 aliphatic carbocycles. The molecule has 0 radical (unpaired) electrons. The molecular formula is C100H61N11. The van der Waals surface area contributed by atoms with Gasteiger partial charge in [-0.15, -0.1) is 0 Å². The van der Waals surface area contributed by atoms with E-state index in [2.05, 4.69) is 133 Å². The second kappa shape index (κ2) is 22.9. The number of hydrogen-bond donors (Lipinski definition) is 0. The Kier molecular flexibility index (Phi) is 9.73. The van der Waals surface area contributed by atoms with Crippen molar-refractivity contribution in [2.24, 2.45) is 0 Å². The fraction of sp³-hybridized carbons (Fsp3) is 0.0400. The summed E-state index contributed by atoms with van der Waals surface area (Å²) in [6.45, 7) is 0.